The highest BCUT2D eigenvalue weighted by molar-refractivity contribution is 5.69. The second kappa shape index (κ2) is 5.21. The van der Waals surface area contributed by atoms with Crippen LogP contribution in [-0.2, 0) is 10.2 Å². The van der Waals surface area contributed by atoms with Gasteiger partial charge in [-0.15, -0.1) is 0 Å². The number of benzene rings is 1. The number of phenols is 1. The summed E-state index contributed by atoms with van der Waals surface area (Å²) in [7, 11) is 0. The molecule has 0 heterocycles. The molecule has 1 aromatic rings. The van der Waals surface area contributed by atoms with Crippen LogP contribution < -0.4 is 0 Å². The molecule has 0 saturated heterocycles. The van der Waals surface area contributed by atoms with Crippen molar-refractivity contribution in [2.45, 2.75) is 39.0 Å². The Balaban J connectivity index is 2.75. The predicted octanol–water partition coefficient (Wildman–Crippen LogP) is 3.17. The number of aliphatic carboxylic acids is 1. The summed E-state index contributed by atoms with van der Waals surface area (Å²) >= 11 is 0. The first-order valence-electron chi connectivity index (χ1n) is 5.86. The Morgan fingerprint density at radius 1 is 1.35 bits per heavy atom. The zero-order valence-corrected chi connectivity index (χ0v) is 10.6. The van der Waals surface area contributed by atoms with E-state index >= 15 is 0 Å². The molecule has 1 rings (SSSR count). The van der Waals surface area contributed by atoms with Gasteiger partial charge in [0.1, 0.15) is 5.75 Å². The van der Waals surface area contributed by atoms with E-state index in [2.05, 4.69) is 0 Å². The molecule has 94 valence electrons. The smallest absolute Gasteiger partial charge is 0.306 e. The van der Waals surface area contributed by atoms with Crippen LogP contribution >= 0.6 is 0 Å². The fraction of sp³-hybridized carbons (Fsp3) is 0.500. The van der Waals surface area contributed by atoms with Gasteiger partial charge in [0, 0.05) is 0 Å². The SMILES string of the molecule is CC(CCC(C)(C)c1ccccc1O)C(=O)O. The van der Waals surface area contributed by atoms with Gasteiger partial charge in [0.15, 0.2) is 0 Å². The first-order chi connectivity index (χ1) is 7.84. The predicted molar refractivity (Wildman–Crippen MR) is 67.2 cm³/mol. The monoisotopic (exact) mass is 236 g/mol. The average Bonchev–Trinajstić information content (AvgIpc) is 2.26. The van der Waals surface area contributed by atoms with E-state index in [1.807, 2.05) is 26.0 Å². The average molecular weight is 236 g/mol. The molecule has 1 aromatic carbocycles. The van der Waals surface area contributed by atoms with Crippen LogP contribution in [0.25, 0.3) is 0 Å². The van der Waals surface area contributed by atoms with Crippen LogP contribution in [0.2, 0.25) is 0 Å². The van der Waals surface area contributed by atoms with Crippen molar-refractivity contribution >= 4 is 5.97 Å². The number of carbonyl (C=O) groups is 1. The Bertz CT molecular complexity index is 396. The molecular weight excluding hydrogens is 216 g/mol. The van der Waals surface area contributed by atoms with Crippen LogP contribution in [0, 0.1) is 5.92 Å². The summed E-state index contributed by atoms with van der Waals surface area (Å²) < 4.78 is 0. The lowest BCUT2D eigenvalue weighted by Gasteiger charge is -2.26. The number of phenolic OH excluding ortho intramolecular Hbond substituents is 1. The van der Waals surface area contributed by atoms with Gasteiger partial charge in [0.25, 0.3) is 0 Å². The van der Waals surface area contributed by atoms with E-state index in [1.165, 1.54) is 0 Å². The van der Waals surface area contributed by atoms with Gasteiger partial charge >= 0.3 is 5.97 Å². The summed E-state index contributed by atoms with van der Waals surface area (Å²) in [5.74, 6) is -0.835. The van der Waals surface area contributed by atoms with Gasteiger partial charge in [-0.05, 0) is 29.9 Å². The molecule has 17 heavy (non-hydrogen) atoms. The van der Waals surface area contributed by atoms with E-state index < -0.39 is 5.97 Å². The third-order valence-corrected chi connectivity index (χ3v) is 3.26. The van der Waals surface area contributed by atoms with Crippen molar-refractivity contribution in [3.05, 3.63) is 29.8 Å². The molecule has 0 aliphatic carbocycles. The Hall–Kier alpha value is -1.51. The summed E-state index contributed by atoms with van der Waals surface area (Å²) in [4.78, 5) is 10.8. The van der Waals surface area contributed by atoms with E-state index in [1.54, 1.807) is 19.1 Å². The first kappa shape index (κ1) is 13.6. The van der Waals surface area contributed by atoms with Crippen LogP contribution in [0.1, 0.15) is 39.2 Å². The molecule has 2 N–H and O–H groups in total. The van der Waals surface area contributed by atoms with Crippen LogP contribution in [-0.4, -0.2) is 16.2 Å². The minimum Gasteiger partial charge on any atom is -0.508 e. The normalized spacial score (nSPS) is 13.4. The van der Waals surface area contributed by atoms with E-state index in [4.69, 9.17) is 5.11 Å². The van der Waals surface area contributed by atoms with E-state index in [9.17, 15) is 9.90 Å². The maximum absolute atomic E-state index is 10.8. The molecule has 3 nitrogen and oxygen atoms in total. The second-order valence-electron chi connectivity index (χ2n) is 5.18. The minimum atomic E-state index is -0.766. The lowest BCUT2D eigenvalue weighted by Crippen LogP contribution is -2.20. The number of carboxylic acid groups (broad SMARTS) is 1. The third kappa shape index (κ3) is 3.48. The summed E-state index contributed by atoms with van der Waals surface area (Å²) in [6, 6.07) is 7.23. The fourth-order valence-corrected chi connectivity index (χ4v) is 1.88. The molecule has 0 radical (unpaired) electrons. The van der Waals surface area contributed by atoms with Crippen molar-refractivity contribution in [3.8, 4) is 5.75 Å². The number of hydrogen-bond donors (Lipinski definition) is 2. The molecule has 0 aliphatic heterocycles. The molecule has 0 amide bonds. The molecular formula is C14H20O3. The second-order valence-corrected chi connectivity index (χ2v) is 5.18. The highest BCUT2D eigenvalue weighted by atomic mass is 16.4. The van der Waals surface area contributed by atoms with Crippen molar-refractivity contribution in [1.82, 2.24) is 0 Å². The number of para-hydroxylation sites is 1. The third-order valence-electron chi connectivity index (χ3n) is 3.26. The molecule has 0 saturated carbocycles. The standard InChI is InChI=1S/C14H20O3/c1-10(13(16)17)8-9-14(2,3)11-6-4-5-7-12(11)15/h4-7,10,15H,8-9H2,1-3H3,(H,16,17). The van der Waals surface area contributed by atoms with Crippen molar-refractivity contribution in [2.75, 3.05) is 0 Å². The largest absolute Gasteiger partial charge is 0.508 e. The van der Waals surface area contributed by atoms with E-state index in [0.717, 1.165) is 12.0 Å². The number of rotatable bonds is 5. The van der Waals surface area contributed by atoms with E-state index in [-0.39, 0.29) is 17.1 Å². The maximum Gasteiger partial charge on any atom is 0.306 e. The number of aromatic hydroxyl groups is 1. The Morgan fingerprint density at radius 3 is 2.47 bits per heavy atom. The molecule has 1 atom stereocenters. The minimum absolute atomic E-state index is 0.213. The molecule has 0 aliphatic rings. The topological polar surface area (TPSA) is 57.5 Å². The van der Waals surface area contributed by atoms with Crippen molar-refractivity contribution < 1.29 is 15.0 Å². The molecule has 0 fully saturated rings. The van der Waals surface area contributed by atoms with Gasteiger partial charge in [-0.3, -0.25) is 4.79 Å². The summed E-state index contributed by atoms with van der Waals surface area (Å²) in [6.45, 7) is 5.76. The Labute approximate surface area is 102 Å². The quantitative estimate of drug-likeness (QED) is 0.825. The lowest BCUT2D eigenvalue weighted by molar-refractivity contribution is -0.141. The van der Waals surface area contributed by atoms with Gasteiger partial charge in [-0.25, -0.2) is 0 Å². The van der Waals surface area contributed by atoms with Gasteiger partial charge in [-0.2, -0.15) is 0 Å². The summed E-state index contributed by atoms with van der Waals surface area (Å²) in [5, 5.41) is 18.7. The highest BCUT2D eigenvalue weighted by Crippen LogP contribution is 2.35. The van der Waals surface area contributed by atoms with Gasteiger partial charge < -0.3 is 10.2 Å². The van der Waals surface area contributed by atoms with Gasteiger partial charge in [0.2, 0.25) is 0 Å². The maximum atomic E-state index is 10.8. The zero-order chi connectivity index (χ0) is 13.1. The molecule has 0 spiro atoms. The number of hydrogen-bond acceptors (Lipinski definition) is 2. The highest BCUT2D eigenvalue weighted by Gasteiger charge is 2.25. The van der Waals surface area contributed by atoms with Crippen molar-refractivity contribution in [2.24, 2.45) is 5.92 Å². The van der Waals surface area contributed by atoms with Crippen LogP contribution in [0.3, 0.4) is 0 Å². The van der Waals surface area contributed by atoms with Crippen LogP contribution in [0.5, 0.6) is 5.75 Å². The number of carboxylic acids is 1. The molecule has 0 bridgehead atoms. The first-order valence-corrected chi connectivity index (χ1v) is 5.86. The fourth-order valence-electron chi connectivity index (χ4n) is 1.88. The zero-order valence-electron chi connectivity index (χ0n) is 10.6. The summed E-state index contributed by atoms with van der Waals surface area (Å²) in [5.41, 5.74) is 0.660. The molecule has 3 heteroatoms. The molecule has 0 aromatic heterocycles. The van der Waals surface area contributed by atoms with Gasteiger partial charge in [0.05, 0.1) is 5.92 Å². The lowest BCUT2D eigenvalue weighted by atomic mass is 9.78. The van der Waals surface area contributed by atoms with Crippen LogP contribution in [0.15, 0.2) is 24.3 Å². The van der Waals surface area contributed by atoms with Gasteiger partial charge in [-0.1, -0.05) is 39.0 Å². The molecule has 1 unspecified atom stereocenters. The summed E-state index contributed by atoms with van der Waals surface area (Å²) in [6.07, 6.45) is 1.34. The van der Waals surface area contributed by atoms with Crippen molar-refractivity contribution in [1.29, 1.82) is 0 Å². The van der Waals surface area contributed by atoms with Crippen molar-refractivity contribution in [3.63, 3.8) is 0 Å². The van der Waals surface area contributed by atoms with E-state index in [0.29, 0.717) is 6.42 Å². The Kier molecular flexibility index (Phi) is 4.16. The Morgan fingerprint density at radius 2 is 1.94 bits per heavy atom. The van der Waals surface area contributed by atoms with Crippen LogP contribution in [0.4, 0.5) is 0 Å².